The Morgan fingerprint density at radius 1 is 1.20 bits per heavy atom. The Hall–Kier alpha value is -3.78. The fourth-order valence-corrected chi connectivity index (χ4v) is 4.68. The van der Waals surface area contributed by atoms with Gasteiger partial charge in [-0.05, 0) is 31.2 Å². The summed E-state index contributed by atoms with van der Waals surface area (Å²) in [5.74, 6) is 0.836. The second kappa shape index (κ2) is 8.78. The second-order valence-corrected chi connectivity index (χ2v) is 9.35. The summed E-state index contributed by atoms with van der Waals surface area (Å²) in [6.07, 6.45) is 1.73. The lowest BCUT2D eigenvalue weighted by atomic mass is 9.83. The molecule has 0 bridgehead atoms. The number of para-hydroxylation sites is 1. The van der Waals surface area contributed by atoms with E-state index in [1.807, 2.05) is 31.2 Å². The average molecular weight is 492 g/mol. The number of anilines is 2. The van der Waals surface area contributed by atoms with Crippen molar-refractivity contribution in [1.29, 1.82) is 0 Å². The third-order valence-corrected chi connectivity index (χ3v) is 6.44. The number of aromatic nitrogens is 3. The average Bonchev–Trinajstić information content (AvgIpc) is 3.22. The van der Waals surface area contributed by atoms with Crippen LogP contribution < -0.4 is 20.1 Å². The lowest BCUT2D eigenvalue weighted by Gasteiger charge is -2.30. The smallest absolute Gasteiger partial charge is 0.255 e. The van der Waals surface area contributed by atoms with Gasteiger partial charge in [-0.25, -0.2) is 4.98 Å². The molecule has 35 heavy (non-hydrogen) atoms. The highest BCUT2D eigenvalue weighted by molar-refractivity contribution is 6.32. The van der Waals surface area contributed by atoms with Crippen molar-refractivity contribution >= 4 is 39.9 Å². The van der Waals surface area contributed by atoms with E-state index >= 15 is 0 Å². The summed E-state index contributed by atoms with van der Waals surface area (Å²) in [6, 6.07) is 11.0. The number of methoxy groups -OCH3 is 1. The molecule has 3 aromatic heterocycles. The Bertz CT molecular complexity index is 1450. The van der Waals surface area contributed by atoms with Crippen LogP contribution in [-0.2, 0) is 5.41 Å². The van der Waals surface area contributed by atoms with E-state index in [9.17, 15) is 4.79 Å². The quantitative estimate of drug-likeness (QED) is 0.331. The van der Waals surface area contributed by atoms with E-state index in [1.54, 1.807) is 25.4 Å². The molecule has 9 heteroatoms. The van der Waals surface area contributed by atoms with Crippen molar-refractivity contribution in [2.45, 2.75) is 26.2 Å². The summed E-state index contributed by atoms with van der Waals surface area (Å²) in [7, 11) is 1.56. The summed E-state index contributed by atoms with van der Waals surface area (Å²) < 4.78 is 11.2. The van der Waals surface area contributed by atoms with Gasteiger partial charge in [-0.3, -0.25) is 9.78 Å². The summed E-state index contributed by atoms with van der Waals surface area (Å²) >= 11 is 6.38. The third-order valence-electron chi connectivity index (χ3n) is 6.15. The van der Waals surface area contributed by atoms with Gasteiger partial charge in [0.25, 0.3) is 5.91 Å². The monoisotopic (exact) mass is 491 g/mol. The maximum Gasteiger partial charge on any atom is 0.255 e. The van der Waals surface area contributed by atoms with Crippen molar-refractivity contribution in [1.82, 2.24) is 20.3 Å². The first-order valence-corrected chi connectivity index (χ1v) is 11.7. The second-order valence-electron chi connectivity index (χ2n) is 8.95. The van der Waals surface area contributed by atoms with E-state index in [4.69, 9.17) is 26.1 Å². The molecule has 0 fully saturated rings. The normalized spacial score (nSPS) is 14.4. The van der Waals surface area contributed by atoms with E-state index in [2.05, 4.69) is 34.4 Å². The highest BCUT2D eigenvalue weighted by atomic mass is 35.5. The standard InChI is InChI=1S/C26H26ClN5O3/c1-5-35-18-10-9-16-20(31-18)14(11-12-28-16)21-22(30-17-8-6-7-15(27)23(17)34-4)19-24(32-21)26(2,3)13-29-25(19)33/h6-12,30,32H,5,13H2,1-4H3,(H,29,33). The molecule has 0 spiro atoms. The van der Waals surface area contributed by atoms with E-state index in [0.29, 0.717) is 57.8 Å². The van der Waals surface area contributed by atoms with E-state index in [1.165, 1.54) is 0 Å². The molecule has 4 heterocycles. The van der Waals surface area contributed by atoms with Crippen LogP contribution in [0.15, 0.2) is 42.6 Å². The lowest BCUT2D eigenvalue weighted by molar-refractivity contribution is 0.0930. The number of amides is 1. The Kier molecular flexibility index (Phi) is 5.76. The Morgan fingerprint density at radius 3 is 2.80 bits per heavy atom. The number of nitrogens with zero attached hydrogens (tertiary/aromatic N) is 2. The molecule has 1 aromatic carbocycles. The number of halogens is 1. The molecule has 0 radical (unpaired) electrons. The van der Waals surface area contributed by atoms with Crippen LogP contribution in [0.1, 0.15) is 36.8 Å². The number of hydrogen-bond acceptors (Lipinski definition) is 6. The largest absolute Gasteiger partial charge is 0.493 e. The third kappa shape index (κ3) is 3.93. The number of hydrogen-bond donors (Lipinski definition) is 3. The van der Waals surface area contributed by atoms with Crippen LogP contribution in [-0.4, -0.2) is 41.1 Å². The minimum atomic E-state index is -0.316. The van der Waals surface area contributed by atoms with E-state index in [-0.39, 0.29) is 11.3 Å². The van der Waals surface area contributed by atoms with E-state index < -0.39 is 0 Å². The van der Waals surface area contributed by atoms with Gasteiger partial charge in [0.2, 0.25) is 5.88 Å². The number of carbonyl (C=O) groups is 1. The predicted octanol–water partition coefficient (Wildman–Crippen LogP) is 5.45. The Balaban J connectivity index is 1.79. The number of aromatic amines is 1. The first-order valence-electron chi connectivity index (χ1n) is 11.4. The number of rotatable bonds is 6. The molecule has 180 valence electrons. The zero-order valence-electron chi connectivity index (χ0n) is 20.0. The maximum atomic E-state index is 13.2. The van der Waals surface area contributed by atoms with Gasteiger partial charge in [0.05, 0.1) is 46.9 Å². The predicted molar refractivity (Wildman–Crippen MR) is 137 cm³/mol. The minimum Gasteiger partial charge on any atom is -0.493 e. The first kappa shape index (κ1) is 23.0. The molecule has 0 aliphatic carbocycles. The number of carbonyl (C=O) groups excluding carboxylic acids is 1. The topological polar surface area (TPSA) is 101 Å². The molecule has 1 amide bonds. The van der Waals surface area contributed by atoms with Crippen LogP contribution in [0, 0.1) is 0 Å². The highest BCUT2D eigenvalue weighted by Crippen LogP contribution is 2.44. The first-order chi connectivity index (χ1) is 16.8. The molecule has 1 aliphatic heterocycles. The van der Waals surface area contributed by atoms with Crippen molar-refractivity contribution in [3.63, 3.8) is 0 Å². The van der Waals surface area contributed by atoms with Gasteiger partial charge < -0.3 is 25.1 Å². The van der Waals surface area contributed by atoms with Gasteiger partial charge >= 0.3 is 0 Å². The number of H-pyrrole nitrogens is 1. The molecule has 0 saturated carbocycles. The highest BCUT2D eigenvalue weighted by Gasteiger charge is 2.38. The van der Waals surface area contributed by atoms with Crippen LogP contribution in [0.5, 0.6) is 11.6 Å². The summed E-state index contributed by atoms with van der Waals surface area (Å²) in [4.78, 5) is 25.9. The fraction of sp³-hybridized carbons (Fsp3) is 0.269. The Morgan fingerprint density at radius 2 is 2.03 bits per heavy atom. The molecule has 0 unspecified atom stereocenters. The SMILES string of the molecule is CCOc1ccc2nccc(-c3[nH]c4c(c3Nc3cccc(Cl)c3OC)C(=O)NCC4(C)C)c2n1. The summed E-state index contributed by atoms with van der Waals surface area (Å²) in [5, 5.41) is 6.91. The van der Waals surface area contributed by atoms with Crippen molar-refractivity contribution < 1.29 is 14.3 Å². The number of pyridine rings is 2. The number of ether oxygens (including phenoxy) is 2. The zero-order chi connectivity index (χ0) is 24.7. The van der Waals surface area contributed by atoms with Crippen molar-refractivity contribution in [2.75, 3.05) is 25.6 Å². The van der Waals surface area contributed by atoms with Crippen LogP contribution in [0.25, 0.3) is 22.3 Å². The number of fused-ring (bicyclic) bond motifs is 2. The molecular formula is C26H26ClN5O3. The molecule has 5 rings (SSSR count). The van der Waals surface area contributed by atoms with Crippen molar-refractivity contribution in [2.24, 2.45) is 0 Å². The molecule has 3 N–H and O–H groups in total. The lowest BCUT2D eigenvalue weighted by Crippen LogP contribution is -2.43. The van der Waals surface area contributed by atoms with Gasteiger partial charge in [-0.2, -0.15) is 0 Å². The van der Waals surface area contributed by atoms with E-state index in [0.717, 1.165) is 17.0 Å². The molecular weight excluding hydrogens is 466 g/mol. The minimum absolute atomic E-state index is 0.161. The van der Waals surface area contributed by atoms with Gasteiger partial charge in [0.15, 0.2) is 5.75 Å². The molecule has 0 atom stereocenters. The van der Waals surface area contributed by atoms with Crippen molar-refractivity contribution in [3.8, 4) is 22.9 Å². The van der Waals surface area contributed by atoms with Crippen LogP contribution >= 0.6 is 11.6 Å². The van der Waals surface area contributed by atoms with Crippen LogP contribution in [0.3, 0.4) is 0 Å². The van der Waals surface area contributed by atoms with Gasteiger partial charge in [-0.15, -0.1) is 0 Å². The number of nitrogens with one attached hydrogen (secondary N) is 3. The fourth-order valence-electron chi connectivity index (χ4n) is 4.43. The van der Waals surface area contributed by atoms with Gasteiger partial charge in [0, 0.05) is 35.5 Å². The summed E-state index contributed by atoms with van der Waals surface area (Å²) in [6.45, 7) is 7.11. The van der Waals surface area contributed by atoms with Crippen molar-refractivity contribution in [3.05, 3.63) is 58.9 Å². The molecule has 8 nitrogen and oxygen atoms in total. The molecule has 0 saturated heterocycles. The summed E-state index contributed by atoms with van der Waals surface area (Å²) in [5.41, 5.74) is 5.21. The van der Waals surface area contributed by atoms with Gasteiger partial charge in [0.1, 0.15) is 5.52 Å². The van der Waals surface area contributed by atoms with Crippen LogP contribution in [0.2, 0.25) is 5.02 Å². The maximum absolute atomic E-state index is 13.2. The zero-order valence-corrected chi connectivity index (χ0v) is 20.7. The van der Waals surface area contributed by atoms with Crippen LogP contribution in [0.4, 0.5) is 11.4 Å². The Labute approximate surface area is 208 Å². The molecule has 1 aliphatic rings. The van der Waals surface area contributed by atoms with Gasteiger partial charge in [-0.1, -0.05) is 31.5 Å². The molecule has 4 aromatic rings. The number of benzene rings is 1.